The van der Waals surface area contributed by atoms with Crippen molar-refractivity contribution in [3.8, 4) is 5.75 Å². The molecule has 3 heteroatoms. The second-order valence-corrected chi connectivity index (χ2v) is 7.84. The molecule has 2 aromatic rings. The van der Waals surface area contributed by atoms with E-state index < -0.39 is 0 Å². The summed E-state index contributed by atoms with van der Waals surface area (Å²) < 4.78 is 5.25. The van der Waals surface area contributed by atoms with Crippen molar-refractivity contribution < 1.29 is 9.84 Å². The first kappa shape index (κ1) is 19.9. The van der Waals surface area contributed by atoms with Crippen molar-refractivity contribution in [2.24, 2.45) is 11.7 Å². The van der Waals surface area contributed by atoms with Gasteiger partial charge in [0.15, 0.2) is 0 Å². The van der Waals surface area contributed by atoms with Crippen LogP contribution >= 0.6 is 0 Å². The lowest BCUT2D eigenvalue weighted by Crippen LogP contribution is -2.18. The Morgan fingerprint density at radius 1 is 1.11 bits per heavy atom. The third-order valence-electron chi connectivity index (χ3n) is 5.96. The summed E-state index contributed by atoms with van der Waals surface area (Å²) >= 11 is 0. The van der Waals surface area contributed by atoms with Crippen molar-refractivity contribution >= 4 is 0 Å². The number of rotatable bonds is 9. The Morgan fingerprint density at radius 3 is 2.63 bits per heavy atom. The molecule has 3 nitrogen and oxygen atoms in total. The lowest BCUT2D eigenvalue weighted by atomic mass is 9.79. The van der Waals surface area contributed by atoms with Crippen molar-refractivity contribution in [2.75, 3.05) is 20.3 Å². The van der Waals surface area contributed by atoms with Crippen LogP contribution in [0.25, 0.3) is 0 Å². The molecule has 0 spiro atoms. The molecular weight excluding hydrogens is 334 g/mol. The second kappa shape index (κ2) is 9.91. The fourth-order valence-corrected chi connectivity index (χ4v) is 4.30. The summed E-state index contributed by atoms with van der Waals surface area (Å²) in [6.07, 6.45) is 7.69. The van der Waals surface area contributed by atoms with Gasteiger partial charge in [-0.1, -0.05) is 36.8 Å². The monoisotopic (exact) mass is 367 g/mol. The van der Waals surface area contributed by atoms with Crippen LogP contribution in [0.15, 0.2) is 42.5 Å². The molecule has 0 fully saturated rings. The van der Waals surface area contributed by atoms with E-state index in [1.54, 1.807) is 7.11 Å². The van der Waals surface area contributed by atoms with E-state index in [1.807, 2.05) is 0 Å². The number of aliphatic hydroxyl groups excluding tert-OH is 1. The Bertz CT molecular complexity index is 711. The lowest BCUT2D eigenvalue weighted by Gasteiger charge is -2.26. The molecule has 0 unspecified atom stereocenters. The Balaban J connectivity index is 1.62. The van der Waals surface area contributed by atoms with E-state index in [-0.39, 0.29) is 6.61 Å². The zero-order valence-electron chi connectivity index (χ0n) is 16.5. The average molecular weight is 368 g/mol. The molecule has 0 amide bonds. The Kier molecular flexibility index (Phi) is 7.31. The van der Waals surface area contributed by atoms with Gasteiger partial charge in [0.25, 0.3) is 0 Å². The number of nitrogens with two attached hydrogens (primary N) is 1. The number of benzene rings is 2. The van der Waals surface area contributed by atoms with Gasteiger partial charge in [-0.25, -0.2) is 0 Å². The van der Waals surface area contributed by atoms with Gasteiger partial charge >= 0.3 is 0 Å². The number of aliphatic hydroxyl groups is 1. The number of aryl methyl sites for hydroxylation is 1. The zero-order chi connectivity index (χ0) is 19.1. The zero-order valence-corrected chi connectivity index (χ0v) is 16.5. The average Bonchev–Trinajstić information content (AvgIpc) is 2.71. The van der Waals surface area contributed by atoms with Crippen LogP contribution in [0.2, 0.25) is 0 Å². The fraction of sp³-hybridized carbons (Fsp3) is 0.500. The molecule has 2 aromatic carbocycles. The lowest BCUT2D eigenvalue weighted by molar-refractivity contribution is 0.281. The Morgan fingerprint density at radius 2 is 1.93 bits per heavy atom. The van der Waals surface area contributed by atoms with E-state index in [9.17, 15) is 0 Å². The number of hydrogen-bond donors (Lipinski definition) is 2. The van der Waals surface area contributed by atoms with E-state index in [0.29, 0.717) is 18.4 Å². The van der Waals surface area contributed by atoms with Crippen LogP contribution in [0.5, 0.6) is 5.75 Å². The maximum atomic E-state index is 9.00. The highest BCUT2D eigenvalue weighted by Crippen LogP contribution is 2.31. The van der Waals surface area contributed by atoms with E-state index in [0.717, 1.165) is 37.9 Å². The maximum Gasteiger partial charge on any atom is 0.118 e. The number of methoxy groups -OCH3 is 1. The second-order valence-electron chi connectivity index (χ2n) is 7.84. The third-order valence-corrected chi connectivity index (χ3v) is 5.96. The van der Waals surface area contributed by atoms with Gasteiger partial charge in [0, 0.05) is 6.61 Å². The first-order valence-electron chi connectivity index (χ1n) is 10.3. The normalized spacial score (nSPS) is 17.4. The van der Waals surface area contributed by atoms with Crippen LogP contribution in [0.1, 0.15) is 53.9 Å². The third kappa shape index (κ3) is 5.33. The Hall–Kier alpha value is -1.84. The number of unbranched alkanes of at least 4 members (excludes halogenated alkanes) is 1. The van der Waals surface area contributed by atoms with Gasteiger partial charge in [0.2, 0.25) is 0 Å². The standard InChI is InChI=1S/C24H33NO2/c1-27-24-11-6-18(7-12-24)14-19-5-8-21-16-22(10-9-20(21)15-19)23(17-25)4-2-3-13-26/h6-7,9-12,16,19,23,26H,2-5,8,13-15,17,25H2,1H3/t19-,23+/m1/s1. The smallest absolute Gasteiger partial charge is 0.118 e. The summed E-state index contributed by atoms with van der Waals surface area (Å²) in [5, 5.41) is 9.00. The van der Waals surface area contributed by atoms with Crippen LogP contribution < -0.4 is 10.5 Å². The van der Waals surface area contributed by atoms with E-state index >= 15 is 0 Å². The largest absolute Gasteiger partial charge is 0.497 e. The minimum Gasteiger partial charge on any atom is -0.497 e. The molecule has 0 heterocycles. The molecule has 0 bridgehead atoms. The van der Waals surface area contributed by atoms with Crippen LogP contribution in [0.4, 0.5) is 0 Å². The molecular formula is C24H33NO2. The molecule has 1 aliphatic carbocycles. The molecule has 3 N–H and O–H groups in total. The highest BCUT2D eigenvalue weighted by atomic mass is 16.5. The summed E-state index contributed by atoms with van der Waals surface area (Å²) in [4.78, 5) is 0. The summed E-state index contributed by atoms with van der Waals surface area (Å²) in [5.41, 5.74) is 11.8. The van der Waals surface area contributed by atoms with Gasteiger partial charge in [-0.3, -0.25) is 0 Å². The van der Waals surface area contributed by atoms with Crippen molar-refractivity contribution in [1.29, 1.82) is 0 Å². The summed E-state index contributed by atoms with van der Waals surface area (Å²) in [6.45, 7) is 0.960. The van der Waals surface area contributed by atoms with Gasteiger partial charge in [-0.2, -0.15) is 0 Å². The number of ether oxygens (including phenoxy) is 1. The first-order valence-corrected chi connectivity index (χ1v) is 10.3. The van der Waals surface area contributed by atoms with E-state index in [4.69, 9.17) is 15.6 Å². The number of fused-ring (bicyclic) bond motifs is 1. The van der Waals surface area contributed by atoms with Crippen molar-refractivity contribution in [3.63, 3.8) is 0 Å². The van der Waals surface area contributed by atoms with Crippen LogP contribution in [0.3, 0.4) is 0 Å². The van der Waals surface area contributed by atoms with Gasteiger partial charge in [0.1, 0.15) is 5.75 Å². The van der Waals surface area contributed by atoms with Crippen molar-refractivity contribution in [1.82, 2.24) is 0 Å². The molecule has 27 heavy (non-hydrogen) atoms. The molecule has 0 aliphatic heterocycles. The van der Waals surface area contributed by atoms with Crippen molar-refractivity contribution in [2.45, 2.75) is 50.9 Å². The topological polar surface area (TPSA) is 55.5 Å². The van der Waals surface area contributed by atoms with Crippen molar-refractivity contribution in [3.05, 3.63) is 64.7 Å². The first-order chi connectivity index (χ1) is 13.2. The quantitative estimate of drug-likeness (QED) is 0.652. The number of hydrogen-bond acceptors (Lipinski definition) is 3. The molecule has 0 saturated carbocycles. The van der Waals surface area contributed by atoms with Crippen LogP contribution in [-0.2, 0) is 19.3 Å². The molecule has 1 aliphatic rings. The minimum atomic E-state index is 0.275. The van der Waals surface area contributed by atoms with Crippen LogP contribution in [-0.4, -0.2) is 25.4 Å². The van der Waals surface area contributed by atoms with E-state index in [2.05, 4.69) is 42.5 Å². The molecule has 0 aromatic heterocycles. The SMILES string of the molecule is COc1ccc(C[C@H]2CCc3cc([C@H](CN)CCCCO)ccc3C2)cc1. The summed E-state index contributed by atoms with van der Waals surface area (Å²) in [7, 11) is 1.71. The molecule has 2 atom stereocenters. The highest BCUT2D eigenvalue weighted by Gasteiger charge is 2.20. The summed E-state index contributed by atoms with van der Waals surface area (Å²) in [6, 6.07) is 15.5. The van der Waals surface area contributed by atoms with Gasteiger partial charge in [-0.15, -0.1) is 0 Å². The molecule has 0 saturated heterocycles. The van der Waals surface area contributed by atoms with Gasteiger partial charge < -0.3 is 15.6 Å². The fourth-order valence-electron chi connectivity index (χ4n) is 4.30. The maximum absolute atomic E-state index is 9.00. The van der Waals surface area contributed by atoms with E-state index in [1.165, 1.54) is 35.1 Å². The van der Waals surface area contributed by atoms with Gasteiger partial charge in [0.05, 0.1) is 7.11 Å². The van der Waals surface area contributed by atoms with Gasteiger partial charge in [-0.05, 0) is 91.3 Å². The predicted octanol–water partition coefficient (Wildman–Crippen LogP) is 4.25. The summed E-state index contributed by atoms with van der Waals surface area (Å²) in [5.74, 6) is 2.05. The highest BCUT2D eigenvalue weighted by molar-refractivity contribution is 5.36. The molecule has 0 radical (unpaired) electrons. The minimum absolute atomic E-state index is 0.275. The Labute approximate surface area is 163 Å². The van der Waals surface area contributed by atoms with Crippen LogP contribution in [0, 0.1) is 5.92 Å². The predicted molar refractivity (Wildman–Crippen MR) is 111 cm³/mol. The molecule has 3 rings (SSSR count). The molecule has 146 valence electrons.